The zero-order chi connectivity index (χ0) is 44.3. The van der Waals surface area contributed by atoms with Gasteiger partial charge in [0.1, 0.15) is 13.2 Å². The molecule has 0 aliphatic carbocycles. The summed E-state index contributed by atoms with van der Waals surface area (Å²) >= 11 is 0. The second kappa shape index (κ2) is 43.2. The highest BCUT2D eigenvalue weighted by atomic mass is 31.2. The Labute approximate surface area is 373 Å². The second-order valence-electron chi connectivity index (χ2n) is 18.9. The SMILES string of the molecule is CCCCCCCCCCCCCCCCCCCC/C=C/CC/C=C/C(O)C(COP(=O)(O)OCC[N+](C)(C)C)NC(=O)CCCCCCCCCCCCCCCC. The fraction of sp³-hybridized carbons (Fsp3) is 0.902. The van der Waals surface area contributed by atoms with E-state index in [1.165, 1.54) is 186 Å². The van der Waals surface area contributed by atoms with Crippen LogP contribution in [0.3, 0.4) is 0 Å². The molecule has 0 rings (SSSR count). The average Bonchev–Trinajstić information content (AvgIpc) is 3.20. The number of carbonyl (C=O) groups is 1. The van der Waals surface area contributed by atoms with Crippen LogP contribution >= 0.6 is 7.82 Å². The third-order valence-electron chi connectivity index (χ3n) is 11.7. The van der Waals surface area contributed by atoms with Crippen molar-refractivity contribution < 1.29 is 32.9 Å². The fourth-order valence-electron chi connectivity index (χ4n) is 7.59. The van der Waals surface area contributed by atoms with E-state index in [9.17, 15) is 19.4 Å². The summed E-state index contributed by atoms with van der Waals surface area (Å²) < 4.78 is 23.6. The minimum Gasteiger partial charge on any atom is -0.387 e. The Kier molecular flexibility index (Phi) is 42.5. The van der Waals surface area contributed by atoms with E-state index < -0.39 is 20.0 Å². The van der Waals surface area contributed by atoms with E-state index >= 15 is 0 Å². The number of rotatable bonds is 47. The van der Waals surface area contributed by atoms with Crippen LogP contribution in [0.25, 0.3) is 0 Å². The molecule has 0 aromatic carbocycles. The molecule has 3 unspecified atom stereocenters. The summed E-state index contributed by atoms with van der Waals surface area (Å²) in [5.74, 6) is -0.184. The monoisotopic (exact) mass is 870 g/mol. The van der Waals surface area contributed by atoms with Gasteiger partial charge in [-0.2, -0.15) is 0 Å². The number of allylic oxidation sites excluding steroid dienone is 3. The number of phosphoric ester groups is 1. The number of carbonyl (C=O) groups excluding carboxylic acids is 1. The Morgan fingerprint density at radius 1 is 0.550 bits per heavy atom. The molecule has 3 N–H and O–H groups in total. The van der Waals surface area contributed by atoms with Gasteiger partial charge in [-0.3, -0.25) is 13.8 Å². The molecular weight excluding hydrogens is 768 g/mol. The number of quaternary nitrogens is 1. The Balaban J connectivity index is 4.29. The molecular formula is C51H102N2O6P+. The zero-order valence-electron chi connectivity index (χ0n) is 40.5. The summed E-state index contributed by atoms with van der Waals surface area (Å²) in [4.78, 5) is 23.2. The molecule has 3 atom stereocenters. The summed E-state index contributed by atoms with van der Waals surface area (Å²) in [6.45, 7) is 4.82. The fourth-order valence-corrected chi connectivity index (χ4v) is 8.32. The molecule has 8 nitrogen and oxygen atoms in total. The third kappa shape index (κ3) is 45.0. The van der Waals surface area contributed by atoms with Gasteiger partial charge >= 0.3 is 7.82 Å². The minimum atomic E-state index is -4.34. The molecule has 0 fully saturated rings. The van der Waals surface area contributed by atoms with Crippen LogP contribution in [0.5, 0.6) is 0 Å². The van der Waals surface area contributed by atoms with Crippen LogP contribution in [0.1, 0.15) is 245 Å². The second-order valence-corrected chi connectivity index (χ2v) is 20.4. The maximum absolute atomic E-state index is 12.9. The van der Waals surface area contributed by atoms with E-state index in [0.717, 1.165) is 38.5 Å². The Morgan fingerprint density at radius 2 is 0.917 bits per heavy atom. The first-order valence-corrected chi connectivity index (χ1v) is 27.2. The van der Waals surface area contributed by atoms with Crippen LogP contribution in [-0.4, -0.2) is 73.4 Å². The van der Waals surface area contributed by atoms with E-state index in [1.54, 1.807) is 6.08 Å². The van der Waals surface area contributed by atoms with Crippen molar-refractivity contribution in [3.8, 4) is 0 Å². The lowest BCUT2D eigenvalue weighted by molar-refractivity contribution is -0.870. The topological polar surface area (TPSA) is 105 Å². The first-order valence-electron chi connectivity index (χ1n) is 25.7. The lowest BCUT2D eigenvalue weighted by Gasteiger charge is -2.25. The van der Waals surface area contributed by atoms with E-state index in [0.29, 0.717) is 17.4 Å². The molecule has 9 heteroatoms. The van der Waals surface area contributed by atoms with E-state index in [4.69, 9.17) is 9.05 Å². The lowest BCUT2D eigenvalue weighted by Crippen LogP contribution is -2.45. The van der Waals surface area contributed by atoms with Gasteiger partial charge in [-0.05, 0) is 32.1 Å². The largest absolute Gasteiger partial charge is 0.472 e. The Bertz CT molecular complexity index is 1030. The van der Waals surface area contributed by atoms with Crippen LogP contribution in [0.2, 0.25) is 0 Å². The maximum atomic E-state index is 12.9. The number of nitrogens with zero attached hydrogens (tertiary/aromatic N) is 1. The molecule has 0 saturated heterocycles. The van der Waals surface area contributed by atoms with E-state index in [2.05, 4.69) is 31.3 Å². The van der Waals surface area contributed by atoms with Crippen molar-refractivity contribution in [1.82, 2.24) is 5.32 Å². The molecule has 356 valence electrons. The molecule has 0 aromatic rings. The Morgan fingerprint density at radius 3 is 1.33 bits per heavy atom. The predicted octanol–water partition coefficient (Wildman–Crippen LogP) is 14.9. The minimum absolute atomic E-state index is 0.0585. The number of hydrogen-bond acceptors (Lipinski definition) is 5. The van der Waals surface area contributed by atoms with Gasteiger partial charge in [-0.1, -0.05) is 231 Å². The summed E-state index contributed by atoms with van der Waals surface area (Å²) in [5, 5.41) is 13.9. The molecule has 0 bridgehead atoms. The standard InChI is InChI=1S/C51H101N2O6P/c1-6-8-10-12-14-16-18-20-22-23-24-25-26-27-28-29-30-31-32-34-36-38-40-42-44-50(54)49(48-59-60(56,57)58-47-46-53(3,4)5)52-51(55)45-43-41-39-37-35-33-21-19-17-15-13-11-9-7-2/h34,36,42,44,49-50,54H,6-33,35,37-41,43,45-48H2,1-5H3,(H-,52,55,56,57)/p+1/b36-34+,44-42+. The summed E-state index contributed by atoms with van der Waals surface area (Å²) in [5.41, 5.74) is 0. The molecule has 0 radical (unpaired) electrons. The van der Waals surface area contributed by atoms with E-state index in [1.807, 2.05) is 27.2 Å². The van der Waals surface area contributed by atoms with Crippen molar-refractivity contribution in [3.63, 3.8) is 0 Å². The molecule has 0 saturated carbocycles. The smallest absolute Gasteiger partial charge is 0.387 e. The van der Waals surface area contributed by atoms with Crippen molar-refractivity contribution in [2.75, 3.05) is 40.9 Å². The number of likely N-dealkylation sites (N-methyl/N-ethyl adjacent to an activating group) is 1. The van der Waals surface area contributed by atoms with Crippen molar-refractivity contribution in [3.05, 3.63) is 24.3 Å². The van der Waals surface area contributed by atoms with Crippen molar-refractivity contribution in [2.45, 2.75) is 257 Å². The lowest BCUT2D eigenvalue weighted by atomic mass is 10.0. The number of aliphatic hydroxyl groups excluding tert-OH is 1. The van der Waals surface area contributed by atoms with Crippen molar-refractivity contribution in [2.24, 2.45) is 0 Å². The van der Waals surface area contributed by atoms with Crippen LogP contribution in [0, 0.1) is 0 Å². The maximum Gasteiger partial charge on any atom is 0.472 e. The van der Waals surface area contributed by atoms with Gasteiger partial charge in [0.15, 0.2) is 0 Å². The number of aliphatic hydroxyl groups is 1. The molecule has 0 aliphatic rings. The number of hydrogen-bond donors (Lipinski definition) is 3. The van der Waals surface area contributed by atoms with Crippen LogP contribution in [0.4, 0.5) is 0 Å². The number of unbranched alkanes of at least 4 members (excludes halogenated alkanes) is 32. The molecule has 60 heavy (non-hydrogen) atoms. The van der Waals surface area contributed by atoms with Gasteiger partial charge in [0, 0.05) is 6.42 Å². The Hall–Kier alpha value is -1.02. The van der Waals surface area contributed by atoms with Crippen LogP contribution < -0.4 is 5.32 Å². The van der Waals surface area contributed by atoms with Gasteiger partial charge in [-0.15, -0.1) is 0 Å². The summed E-state index contributed by atoms with van der Waals surface area (Å²) in [7, 11) is 1.56. The van der Waals surface area contributed by atoms with Crippen LogP contribution in [-0.2, 0) is 18.4 Å². The highest BCUT2D eigenvalue weighted by molar-refractivity contribution is 7.47. The quantitative estimate of drug-likeness (QED) is 0.0243. The predicted molar refractivity (Wildman–Crippen MR) is 258 cm³/mol. The number of nitrogens with one attached hydrogen (secondary N) is 1. The van der Waals surface area contributed by atoms with Crippen molar-refractivity contribution >= 4 is 13.7 Å². The van der Waals surface area contributed by atoms with E-state index in [-0.39, 0.29) is 19.1 Å². The first kappa shape index (κ1) is 59.0. The zero-order valence-corrected chi connectivity index (χ0v) is 41.4. The van der Waals surface area contributed by atoms with Crippen LogP contribution in [0.15, 0.2) is 24.3 Å². The molecule has 0 heterocycles. The number of phosphoric acid groups is 1. The number of amides is 1. The van der Waals surface area contributed by atoms with Gasteiger partial charge < -0.3 is 19.8 Å². The van der Waals surface area contributed by atoms with Gasteiger partial charge in [0.05, 0.1) is 39.9 Å². The van der Waals surface area contributed by atoms with Gasteiger partial charge in [0.2, 0.25) is 5.91 Å². The highest BCUT2D eigenvalue weighted by Gasteiger charge is 2.27. The summed E-state index contributed by atoms with van der Waals surface area (Å²) in [6.07, 6.45) is 52.7. The highest BCUT2D eigenvalue weighted by Crippen LogP contribution is 2.43. The molecule has 0 spiro atoms. The molecule has 0 aromatic heterocycles. The molecule has 1 amide bonds. The summed E-state index contributed by atoms with van der Waals surface area (Å²) in [6, 6.07) is -0.858. The van der Waals surface area contributed by atoms with Crippen molar-refractivity contribution in [1.29, 1.82) is 0 Å². The van der Waals surface area contributed by atoms with Gasteiger partial charge in [-0.25, -0.2) is 4.57 Å². The third-order valence-corrected chi connectivity index (χ3v) is 12.7. The molecule has 0 aliphatic heterocycles. The first-order chi connectivity index (χ1) is 29.0. The van der Waals surface area contributed by atoms with Gasteiger partial charge in [0.25, 0.3) is 0 Å². The average molecular weight is 870 g/mol. The normalized spacial score (nSPS) is 14.3.